The lowest BCUT2D eigenvalue weighted by molar-refractivity contribution is 0.633. The summed E-state index contributed by atoms with van der Waals surface area (Å²) >= 11 is 1.90. The number of hydrogen-bond acceptors (Lipinski definition) is 1. The van der Waals surface area contributed by atoms with E-state index in [1.165, 1.54) is 109 Å². The number of thiophene rings is 1. The Hall–Kier alpha value is -6.80. The monoisotopic (exact) mass is 738 g/mol. The highest BCUT2D eigenvalue weighted by atomic mass is 32.1. The second-order valence-electron chi connectivity index (χ2n) is 15.8. The van der Waals surface area contributed by atoms with E-state index in [1.807, 2.05) is 11.3 Å². The Kier molecular flexibility index (Phi) is 6.27. The second-order valence-corrected chi connectivity index (χ2v) is 16.9. The van der Waals surface area contributed by atoms with Crippen LogP contribution in [-0.2, 0) is 10.8 Å². The van der Waals surface area contributed by atoms with Crippen LogP contribution in [0.1, 0.15) is 44.5 Å². The Morgan fingerprint density at radius 2 is 0.684 bits per heavy atom. The maximum atomic E-state index is 2.56. The molecule has 1 aromatic heterocycles. The number of rotatable bonds is 2. The zero-order valence-corrected chi connectivity index (χ0v) is 31.9. The van der Waals surface area contributed by atoms with Gasteiger partial charge in [-0.2, -0.15) is 0 Å². The minimum Gasteiger partial charge on any atom is -0.135 e. The lowest BCUT2D eigenvalue weighted by Crippen LogP contribution is -2.43. The standard InChI is InChI=1S/C56H34S/c1-6-24-45-39(17-1)40-18-2-7-25-46(40)55(45)49-28-10-11-29-50(49)56(47-26-8-3-19-41(47)42-20-4-9-27-48(42)56)52-34-36(31-32-51(52)55)35-15-13-16-37(33-35)38-22-14-23-44-43-21-5-12-30-53(43)57-54(38)44/h1-34H. The molecule has 10 aromatic rings. The molecule has 3 aliphatic carbocycles. The van der Waals surface area contributed by atoms with E-state index in [0.717, 1.165) is 0 Å². The third-order valence-electron chi connectivity index (χ3n) is 13.4. The van der Waals surface area contributed by atoms with Crippen LogP contribution in [0.2, 0.25) is 0 Å². The van der Waals surface area contributed by atoms with Crippen molar-refractivity contribution >= 4 is 31.5 Å². The first-order valence-electron chi connectivity index (χ1n) is 19.9. The highest BCUT2D eigenvalue weighted by Gasteiger charge is 2.58. The maximum Gasteiger partial charge on any atom is 0.0720 e. The van der Waals surface area contributed by atoms with Gasteiger partial charge >= 0.3 is 0 Å². The fraction of sp³-hybridized carbons (Fsp3) is 0.0357. The van der Waals surface area contributed by atoms with E-state index in [0.29, 0.717) is 0 Å². The van der Waals surface area contributed by atoms with Crippen molar-refractivity contribution in [1.29, 1.82) is 0 Å². The predicted molar refractivity (Wildman–Crippen MR) is 238 cm³/mol. The molecule has 3 aliphatic rings. The summed E-state index contributed by atoms with van der Waals surface area (Å²) in [6, 6.07) is 78.3. The van der Waals surface area contributed by atoms with Crippen molar-refractivity contribution in [2.24, 2.45) is 0 Å². The van der Waals surface area contributed by atoms with E-state index in [2.05, 4.69) is 206 Å². The molecule has 1 heterocycles. The molecule has 0 radical (unpaired) electrons. The van der Waals surface area contributed by atoms with Gasteiger partial charge in [-0.15, -0.1) is 11.3 Å². The lowest BCUT2D eigenvalue weighted by Gasteiger charge is -2.49. The van der Waals surface area contributed by atoms with Crippen molar-refractivity contribution in [3.8, 4) is 44.5 Å². The van der Waals surface area contributed by atoms with E-state index in [1.54, 1.807) is 0 Å². The molecule has 0 N–H and O–H groups in total. The maximum absolute atomic E-state index is 2.56. The van der Waals surface area contributed by atoms with Crippen LogP contribution < -0.4 is 0 Å². The lowest BCUT2D eigenvalue weighted by atomic mass is 9.52. The van der Waals surface area contributed by atoms with Gasteiger partial charge in [0.25, 0.3) is 0 Å². The van der Waals surface area contributed by atoms with Crippen LogP contribution >= 0.6 is 11.3 Å². The topological polar surface area (TPSA) is 0 Å². The van der Waals surface area contributed by atoms with E-state index < -0.39 is 10.8 Å². The van der Waals surface area contributed by atoms with Gasteiger partial charge in [-0.05, 0) is 107 Å². The Morgan fingerprint density at radius 1 is 0.263 bits per heavy atom. The molecule has 0 saturated carbocycles. The summed E-state index contributed by atoms with van der Waals surface area (Å²) in [6.45, 7) is 0. The summed E-state index contributed by atoms with van der Waals surface area (Å²) in [5.41, 5.74) is 20.2. The first-order chi connectivity index (χ1) is 28.3. The van der Waals surface area contributed by atoms with Crippen LogP contribution in [0.25, 0.3) is 64.7 Å². The Labute approximate surface area is 336 Å². The quantitative estimate of drug-likeness (QED) is 0.166. The minimum atomic E-state index is -0.507. The van der Waals surface area contributed by atoms with Crippen LogP contribution in [0.5, 0.6) is 0 Å². The van der Waals surface area contributed by atoms with Gasteiger partial charge < -0.3 is 0 Å². The van der Waals surface area contributed by atoms with Crippen molar-refractivity contribution in [3.05, 3.63) is 251 Å². The molecule has 264 valence electrons. The van der Waals surface area contributed by atoms with Gasteiger partial charge in [-0.25, -0.2) is 0 Å². The van der Waals surface area contributed by atoms with Crippen molar-refractivity contribution < 1.29 is 0 Å². The predicted octanol–water partition coefficient (Wildman–Crippen LogP) is 14.4. The molecular weight excluding hydrogens is 705 g/mol. The van der Waals surface area contributed by atoms with Crippen molar-refractivity contribution in [3.63, 3.8) is 0 Å². The molecule has 0 bridgehead atoms. The fourth-order valence-corrected chi connectivity index (χ4v) is 12.5. The summed E-state index contributed by atoms with van der Waals surface area (Å²) in [6.07, 6.45) is 0. The second kappa shape index (κ2) is 11.4. The van der Waals surface area contributed by atoms with Gasteiger partial charge in [0.15, 0.2) is 0 Å². The molecule has 13 rings (SSSR count). The molecular formula is C56H34S. The highest BCUT2D eigenvalue weighted by molar-refractivity contribution is 7.26. The highest BCUT2D eigenvalue weighted by Crippen LogP contribution is 2.67. The molecule has 0 atom stereocenters. The number of hydrogen-bond donors (Lipinski definition) is 0. The first-order valence-corrected chi connectivity index (χ1v) is 20.7. The van der Waals surface area contributed by atoms with Gasteiger partial charge in [0, 0.05) is 20.2 Å². The minimum absolute atomic E-state index is 0.478. The zero-order valence-electron chi connectivity index (χ0n) is 31.0. The van der Waals surface area contributed by atoms with Crippen molar-refractivity contribution in [1.82, 2.24) is 0 Å². The van der Waals surface area contributed by atoms with Crippen LogP contribution in [0.4, 0.5) is 0 Å². The molecule has 0 saturated heterocycles. The molecule has 9 aromatic carbocycles. The van der Waals surface area contributed by atoms with Gasteiger partial charge in [0.05, 0.1) is 10.8 Å². The van der Waals surface area contributed by atoms with Gasteiger partial charge in [0.2, 0.25) is 0 Å². The summed E-state index contributed by atoms with van der Waals surface area (Å²) in [4.78, 5) is 0. The normalized spacial score (nSPS) is 14.6. The van der Waals surface area contributed by atoms with Gasteiger partial charge in [-0.1, -0.05) is 188 Å². The molecule has 0 nitrogen and oxygen atoms in total. The summed E-state index contributed by atoms with van der Waals surface area (Å²) in [7, 11) is 0. The Bertz CT molecular complexity index is 3230. The van der Waals surface area contributed by atoms with E-state index in [4.69, 9.17) is 0 Å². The zero-order chi connectivity index (χ0) is 37.3. The van der Waals surface area contributed by atoms with Crippen molar-refractivity contribution in [2.75, 3.05) is 0 Å². The summed E-state index contributed by atoms with van der Waals surface area (Å²) < 4.78 is 2.68. The molecule has 57 heavy (non-hydrogen) atoms. The van der Waals surface area contributed by atoms with Crippen LogP contribution in [0.15, 0.2) is 206 Å². The van der Waals surface area contributed by atoms with E-state index >= 15 is 0 Å². The average Bonchev–Trinajstić information content (AvgIpc) is 3.91. The summed E-state index contributed by atoms with van der Waals surface area (Å²) in [5.74, 6) is 0. The Morgan fingerprint density at radius 3 is 1.30 bits per heavy atom. The largest absolute Gasteiger partial charge is 0.135 e. The Balaban J connectivity index is 1.13. The first kappa shape index (κ1) is 31.4. The molecule has 0 unspecified atom stereocenters. The van der Waals surface area contributed by atoms with Crippen molar-refractivity contribution in [2.45, 2.75) is 10.8 Å². The molecule has 1 heteroatoms. The molecule has 0 aliphatic heterocycles. The van der Waals surface area contributed by atoms with E-state index in [-0.39, 0.29) is 0 Å². The van der Waals surface area contributed by atoms with Crippen LogP contribution in [-0.4, -0.2) is 0 Å². The molecule has 2 spiro atoms. The van der Waals surface area contributed by atoms with Gasteiger partial charge in [0.1, 0.15) is 0 Å². The van der Waals surface area contributed by atoms with E-state index in [9.17, 15) is 0 Å². The SMILES string of the molecule is c1cc(-c2ccc3c(c2)C2(c4ccccc4-c4ccccc42)c2ccccc2C32c3ccccc3-c3ccccc32)cc(-c2cccc3c2sc2ccccc23)c1. The molecule has 0 fully saturated rings. The summed E-state index contributed by atoms with van der Waals surface area (Å²) in [5, 5.41) is 2.66. The smallest absolute Gasteiger partial charge is 0.0720 e. The van der Waals surface area contributed by atoms with Crippen LogP contribution in [0, 0.1) is 0 Å². The average molecular weight is 739 g/mol. The third kappa shape index (κ3) is 3.87. The number of fused-ring (bicyclic) bond motifs is 19. The van der Waals surface area contributed by atoms with Crippen LogP contribution in [0.3, 0.4) is 0 Å². The molecule has 0 amide bonds. The number of benzene rings is 9. The third-order valence-corrected chi connectivity index (χ3v) is 14.6. The fourth-order valence-electron chi connectivity index (χ4n) is 11.3. The van der Waals surface area contributed by atoms with Gasteiger partial charge in [-0.3, -0.25) is 0 Å².